The van der Waals surface area contributed by atoms with Crippen LogP contribution in [0.2, 0.25) is 5.15 Å². The quantitative estimate of drug-likeness (QED) is 0.544. The van der Waals surface area contributed by atoms with Crippen molar-refractivity contribution in [2.24, 2.45) is 0 Å². The molecule has 0 N–H and O–H groups in total. The van der Waals surface area contributed by atoms with Crippen LogP contribution in [0.4, 0.5) is 8.78 Å². The number of nitrogens with zero attached hydrogens (tertiary/aromatic N) is 2. The average Bonchev–Trinajstić information content (AvgIpc) is 2.42. The Bertz CT molecular complexity index is 868. The molecule has 0 radical (unpaired) electrons. The summed E-state index contributed by atoms with van der Waals surface area (Å²) < 4.78 is 28.5. The molecule has 1 heterocycles. The monoisotopic (exact) mass is 368 g/mol. The van der Waals surface area contributed by atoms with Crippen molar-refractivity contribution in [3.8, 4) is 11.4 Å². The Labute approximate surface area is 132 Å². The van der Waals surface area contributed by atoms with Gasteiger partial charge < -0.3 is 0 Å². The third-order valence-corrected chi connectivity index (χ3v) is 3.78. The first kappa shape index (κ1) is 14.4. The van der Waals surface area contributed by atoms with Crippen LogP contribution >= 0.6 is 27.5 Å². The van der Waals surface area contributed by atoms with E-state index < -0.39 is 11.6 Å². The molecule has 0 spiro atoms. The van der Waals surface area contributed by atoms with Crippen LogP contribution in [0.3, 0.4) is 0 Å². The van der Waals surface area contributed by atoms with Crippen LogP contribution in [0.25, 0.3) is 22.3 Å². The van der Waals surface area contributed by atoms with E-state index in [1.54, 1.807) is 18.2 Å². The molecule has 0 aliphatic carbocycles. The lowest BCUT2D eigenvalue weighted by Crippen LogP contribution is -1.96. The lowest BCUT2D eigenvalue weighted by atomic mass is 10.1. The van der Waals surface area contributed by atoms with Crippen LogP contribution in [0, 0.1) is 18.6 Å². The van der Waals surface area contributed by atoms with Crippen LogP contribution in [-0.2, 0) is 0 Å². The number of hydrogen-bond donors (Lipinski definition) is 0. The standard InChI is InChI=1S/C15H8BrClF2N2/c1-7-2-3-11(18)9(4-7)15-20-13-10(14(17)21-15)5-8(16)6-12(13)19/h2-6H,1H3. The molecule has 6 heteroatoms. The van der Waals surface area contributed by atoms with Crippen molar-refractivity contribution in [1.82, 2.24) is 9.97 Å². The molecule has 3 aromatic rings. The largest absolute Gasteiger partial charge is 0.225 e. The number of fused-ring (bicyclic) bond motifs is 1. The number of hydrogen-bond acceptors (Lipinski definition) is 2. The van der Waals surface area contributed by atoms with Crippen molar-refractivity contribution in [1.29, 1.82) is 0 Å². The van der Waals surface area contributed by atoms with Gasteiger partial charge in [-0.1, -0.05) is 39.2 Å². The van der Waals surface area contributed by atoms with Gasteiger partial charge in [0, 0.05) is 9.86 Å². The highest BCUT2D eigenvalue weighted by molar-refractivity contribution is 9.10. The molecule has 0 unspecified atom stereocenters. The molecule has 0 aliphatic heterocycles. The number of aromatic nitrogens is 2. The number of aryl methyl sites for hydroxylation is 1. The molecule has 0 atom stereocenters. The molecule has 0 saturated carbocycles. The molecule has 2 nitrogen and oxygen atoms in total. The molecule has 106 valence electrons. The Hall–Kier alpha value is -1.59. The summed E-state index contributed by atoms with van der Waals surface area (Å²) in [7, 11) is 0. The normalized spacial score (nSPS) is 11.1. The molecule has 21 heavy (non-hydrogen) atoms. The van der Waals surface area contributed by atoms with Gasteiger partial charge in [-0.3, -0.25) is 0 Å². The highest BCUT2D eigenvalue weighted by Gasteiger charge is 2.15. The fourth-order valence-corrected chi connectivity index (χ4v) is 2.71. The number of halogens is 4. The van der Waals surface area contributed by atoms with Gasteiger partial charge in [0.15, 0.2) is 11.6 Å². The first-order chi connectivity index (χ1) is 9.95. The average molecular weight is 370 g/mol. The van der Waals surface area contributed by atoms with Crippen molar-refractivity contribution < 1.29 is 8.78 Å². The number of rotatable bonds is 1. The Morgan fingerprint density at radius 2 is 1.81 bits per heavy atom. The van der Waals surface area contributed by atoms with Gasteiger partial charge in [-0.2, -0.15) is 0 Å². The summed E-state index contributed by atoms with van der Waals surface area (Å²) in [5, 5.41) is 0.455. The molecule has 0 aliphatic rings. The summed E-state index contributed by atoms with van der Waals surface area (Å²) in [4.78, 5) is 8.20. The lowest BCUT2D eigenvalue weighted by molar-refractivity contribution is 0.628. The van der Waals surface area contributed by atoms with Crippen LogP contribution < -0.4 is 0 Å². The lowest BCUT2D eigenvalue weighted by Gasteiger charge is -2.07. The van der Waals surface area contributed by atoms with E-state index in [4.69, 9.17) is 11.6 Å². The molecular weight excluding hydrogens is 362 g/mol. The zero-order valence-electron chi connectivity index (χ0n) is 10.8. The summed E-state index contributed by atoms with van der Waals surface area (Å²) in [5.41, 5.74) is 1.11. The maximum Gasteiger partial charge on any atom is 0.164 e. The minimum atomic E-state index is -0.544. The second-order valence-corrected chi connectivity index (χ2v) is 5.88. The molecule has 0 fully saturated rings. The second kappa shape index (κ2) is 5.31. The zero-order chi connectivity index (χ0) is 15.1. The Morgan fingerprint density at radius 1 is 1.05 bits per heavy atom. The first-order valence-corrected chi connectivity index (χ1v) is 7.21. The molecule has 3 rings (SSSR count). The minimum absolute atomic E-state index is 0.0640. The maximum absolute atomic E-state index is 14.0. The third-order valence-electron chi connectivity index (χ3n) is 3.03. The van der Waals surface area contributed by atoms with Crippen LogP contribution in [-0.4, -0.2) is 9.97 Å². The van der Waals surface area contributed by atoms with Crippen molar-refractivity contribution in [2.75, 3.05) is 0 Å². The molecule has 0 saturated heterocycles. The van der Waals surface area contributed by atoms with Gasteiger partial charge in [0.1, 0.15) is 16.5 Å². The van der Waals surface area contributed by atoms with Crippen LogP contribution in [0.15, 0.2) is 34.8 Å². The SMILES string of the molecule is Cc1ccc(F)c(-c2nc(Cl)c3cc(Br)cc(F)c3n2)c1. The Balaban J connectivity index is 2.33. The van der Waals surface area contributed by atoms with E-state index in [-0.39, 0.29) is 22.1 Å². The van der Waals surface area contributed by atoms with E-state index in [0.29, 0.717) is 9.86 Å². The second-order valence-electron chi connectivity index (χ2n) is 4.61. The van der Waals surface area contributed by atoms with E-state index in [9.17, 15) is 8.78 Å². The highest BCUT2D eigenvalue weighted by atomic mass is 79.9. The fourth-order valence-electron chi connectivity index (χ4n) is 2.05. The summed E-state index contributed by atoms with van der Waals surface area (Å²) in [5.74, 6) is -0.957. The molecule has 0 amide bonds. The Kier molecular flexibility index (Phi) is 3.63. The number of benzene rings is 2. The van der Waals surface area contributed by atoms with Crippen molar-refractivity contribution in [3.05, 3.63) is 57.2 Å². The Morgan fingerprint density at radius 3 is 2.57 bits per heavy atom. The van der Waals surface area contributed by atoms with E-state index in [0.717, 1.165) is 5.56 Å². The molecular formula is C15H8BrClF2N2. The molecule has 2 aromatic carbocycles. The third kappa shape index (κ3) is 2.63. The predicted octanol–water partition coefficient (Wildman–Crippen LogP) is 5.30. The van der Waals surface area contributed by atoms with Gasteiger partial charge in [-0.05, 0) is 31.2 Å². The van der Waals surface area contributed by atoms with E-state index >= 15 is 0 Å². The summed E-state index contributed by atoms with van der Waals surface area (Å²) >= 11 is 9.27. The van der Waals surface area contributed by atoms with Gasteiger partial charge >= 0.3 is 0 Å². The smallest absolute Gasteiger partial charge is 0.164 e. The van der Waals surface area contributed by atoms with Crippen LogP contribution in [0.5, 0.6) is 0 Å². The van der Waals surface area contributed by atoms with E-state index in [1.165, 1.54) is 12.1 Å². The van der Waals surface area contributed by atoms with E-state index in [2.05, 4.69) is 25.9 Å². The van der Waals surface area contributed by atoms with Crippen molar-refractivity contribution >= 4 is 38.4 Å². The van der Waals surface area contributed by atoms with Crippen LogP contribution in [0.1, 0.15) is 5.56 Å². The molecule has 0 bridgehead atoms. The predicted molar refractivity (Wildman–Crippen MR) is 82.3 cm³/mol. The van der Waals surface area contributed by atoms with Gasteiger partial charge in [-0.15, -0.1) is 0 Å². The first-order valence-electron chi connectivity index (χ1n) is 6.04. The summed E-state index contributed by atoms with van der Waals surface area (Å²) in [6.45, 7) is 1.82. The fraction of sp³-hybridized carbons (Fsp3) is 0.0667. The van der Waals surface area contributed by atoms with E-state index in [1.807, 2.05) is 6.92 Å². The topological polar surface area (TPSA) is 25.8 Å². The zero-order valence-corrected chi connectivity index (χ0v) is 13.1. The molecule has 1 aromatic heterocycles. The van der Waals surface area contributed by atoms with Gasteiger partial charge in [0.05, 0.1) is 5.56 Å². The maximum atomic E-state index is 14.0. The summed E-state index contributed by atoms with van der Waals surface area (Å²) in [6, 6.07) is 7.46. The van der Waals surface area contributed by atoms with Gasteiger partial charge in [0.25, 0.3) is 0 Å². The highest BCUT2D eigenvalue weighted by Crippen LogP contribution is 2.30. The summed E-state index contributed by atoms with van der Waals surface area (Å²) in [6.07, 6.45) is 0. The minimum Gasteiger partial charge on any atom is -0.225 e. The van der Waals surface area contributed by atoms with Gasteiger partial charge in [0.2, 0.25) is 0 Å². The van der Waals surface area contributed by atoms with Gasteiger partial charge in [-0.25, -0.2) is 18.7 Å². The van der Waals surface area contributed by atoms with Crippen molar-refractivity contribution in [2.45, 2.75) is 6.92 Å². The van der Waals surface area contributed by atoms with Crippen molar-refractivity contribution in [3.63, 3.8) is 0 Å².